The van der Waals surface area contributed by atoms with Crippen LogP contribution < -0.4 is 0 Å². The zero-order valence-corrected chi connectivity index (χ0v) is 28.7. The van der Waals surface area contributed by atoms with Crippen molar-refractivity contribution in [1.82, 2.24) is 14.1 Å². The molecule has 7 aromatic carbocycles. The summed E-state index contributed by atoms with van der Waals surface area (Å²) in [6, 6.07) is 63.0. The van der Waals surface area contributed by atoms with Gasteiger partial charge in [0.2, 0.25) is 0 Å². The molecule has 0 saturated carbocycles. The first-order valence-electron chi connectivity index (χ1n) is 18.0. The van der Waals surface area contributed by atoms with E-state index in [2.05, 4.69) is 185 Å². The molecule has 3 heteroatoms. The van der Waals surface area contributed by atoms with Gasteiger partial charge in [-0.05, 0) is 88.7 Å². The van der Waals surface area contributed by atoms with Crippen LogP contribution in [0.3, 0.4) is 0 Å². The monoisotopic (exact) mass is 665 g/mol. The Labute approximate surface area is 303 Å². The van der Waals surface area contributed by atoms with E-state index in [1.807, 2.05) is 12.1 Å². The molecule has 0 saturated heterocycles. The van der Waals surface area contributed by atoms with Gasteiger partial charge < -0.3 is 4.57 Å². The molecule has 1 aliphatic rings. The predicted octanol–water partition coefficient (Wildman–Crippen LogP) is 12.9. The summed E-state index contributed by atoms with van der Waals surface area (Å²) < 4.78 is 4.69. The standard InChI is InChI=1S/C49H35N3/c1-2-10-41(11-3-1)52-48-17-9-6-14-45(48)50-49(52)40-28-26-38(27-29-40)36-20-18-34(19-21-36)35-22-24-37(25-23-35)39-30-32-42(33-31-39)51-46-15-7-4-12-43(46)44-13-5-8-16-47(44)51/h1-30,32H,31,33H2. The van der Waals surface area contributed by atoms with Crippen LogP contribution in [0.4, 0.5) is 0 Å². The topological polar surface area (TPSA) is 22.8 Å². The van der Waals surface area contributed by atoms with Crippen LogP contribution in [-0.4, -0.2) is 14.1 Å². The molecule has 10 rings (SSSR count). The molecule has 0 amide bonds. The van der Waals surface area contributed by atoms with Gasteiger partial charge in [-0.15, -0.1) is 0 Å². The third-order valence-corrected chi connectivity index (χ3v) is 10.5. The smallest absolute Gasteiger partial charge is 0.145 e. The van der Waals surface area contributed by atoms with E-state index >= 15 is 0 Å². The zero-order valence-electron chi connectivity index (χ0n) is 28.7. The summed E-state index contributed by atoms with van der Waals surface area (Å²) in [7, 11) is 0. The van der Waals surface area contributed by atoms with Crippen LogP contribution in [0.5, 0.6) is 0 Å². The molecule has 0 spiro atoms. The minimum atomic E-state index is 0.946. The van der Waals surface area contributed by atoms with E-state index in [-0.39, 0.29) is 0 Å². The molecule has 0 aliphatic heterocycles. The van der Waals surface area contributed by atoms with E-state index < -0.39 is 0 Å². The van der Waals surface area contributed by atoms with Crippen molar-refractivity contribution in [3.63, 3.8) is 0 Å². The molecular formula is C49H35N3. The van der Waals surface area contributed by atoms with Crippen LogP contribution in [-0.2, 0) is 0 Å². The normalized spacial score (nSPS) is 13.1. The van der Waals surface area contributed by atoms with Gasteiger partial charge in [-0.2, -0.15) is 0 Å². The third-order valence-electron chi connectivity index (χ3n) is 10.5. The van der Waals surface area contributed by atoms with Gasteiger partial charge in [-0.1, -0.05) is 146 Å². The number of para-hydroxylation sites is 5. The lowest BCUT2D eigenvalue weighted by molar-refractivity contribution is 0.992. The molecule has 0 bridgehead atoms. The Morgan fingerprint density at radius 2 is 0.846 bits per heavy atom. The molecule has 2 aromatic heterocycles. The SMILES string of the molecule is C1=C(c2ccc(-c3ccc(-c4ccc(-c5nc6ccccc6n5-c5ccccc5)cc4)cc3)cc2)CCC(n2c3ccccc3c3ccccc32)=C1. The Morgan fingerprint density at radius 1 is 0.365 bits per heavy atom. The number of allylic oxidation sites excluding steroid dienone is 4. The average molecular weight is 666 g/mol. The van der Waals surface area contributed by atoms with Crippen LogP contribution in [0.15, 0.2) is 188 Å². The van der Waals surface area contributed by atoms with Crippen molar-refractivity contribution in [1.29, 1.82) is 0 Å². The summed E-state index contributed by atoms with van der Waals surface area (Å²) in [4.78, 5) is 5.03. The maximum atomic E-state index is 5.03. The highest BCUT2D eigenvalue weighted by molar-refractivity contribution is 6.10. The van der Waals surface area contributed by atoms with Crippen molar-refractivity contribution in [2.45, 2.75) is 12.8 Å². The first kappa shape index (κ1) is 30.1. The molecule has 0 radical (unpaired) electrons. The van der Waals surface area contributed by atoms with E-state index in [0.29, 0.717) is 0 Å². The molecule has 2 heterocycles. The van der Waals surface area contributed by atoms with Crippen molar-refractivity contribution in [2.75, 3.05) is 0 Å². The van der Waals surface area contributed by atoms with Gasteiger partial charge in [-0.3, -0.25) is 4.57 Å². The Kier molecular flexibility index (Phi) is 7.28. The summed E-state index contributed by atoms with van der Waals surface area (Å²) in [5.74, 6) is 0.946. The second kappa shape index (κ2) is 12.6. The number of rotatable bonds is 6. The van der Waals surface area contributed by atoms with Gasteiger partial charge in [0, 0.05) is 27.7 Å². The van der Waals surface area contributed by atoms with Gasteiger partial charge in [0.15, 0.2) is 0 Å². The molecule has 1 aliphatic carbocycles. The summed E-state index contributed by atoms with van der Waals surface area (Å²) in [5.41, 5.74) is 15.7. The van der Waals surface area contributed by atoms with Gasteiger partial charge in [0.05, 0.1) is 22.1 Å². The van der Waals surface area contributed by atoms with Gasteiger partial charge in [-0.25, -0.2) is 4.98 Å². The largest absolute Gasteiger partial charge is 0.313 e. The second-order valence-electron chi connectivity index (χ2n) is 13.5. The van der Waals surface area contributed by atoms with Crippen LogP contribution in [0, 0.1) is 0 Å². The number of aromatic nitrogens is 3. The molecular weight excluding hydrogens is 631 g/mol. The molecule has 9 aromatic rings. The van der Waals surface area contributed by atoms with Gasteiger partial charge in [0.1, 0.15) is 5.82 Å². The molecule has 246 valence electrons. The highest BCUT2D eigenvalue weighted by Gasteiger charge is 2.17. The molecule has 52 heavy (non-hydrogen) atoms. The average Bonchev–Trinajstić information content (AvgIpc) is 3.78. The van der Waals surface area contributed by atoms with Gasteiger partial charge in [0.25, 0.3) is 0 Å². The summed E-state index contributed by atoms with van der Waals surface area (Å²) in [6.45, 7) is 0. The Bertz CT molecular complexity index is 2740. The third kappa shape index (κ3) is 5.18. The first-order valence-corrected chi connectivity index (χ1v) is 18.0. The predicted molar refractivity (Wildman–Crippen MR) is 218 cm³/mol. The van der Waals surface area contributed by atoms with Crippen LogP contribution >= 0.6 is 0 Å². The quantitative estimate of drug-likeness (QED) is 0.173. The van der Waals surface area contributed by atoms with E-state index in [9.17, 15) is 0 Å². The van der Waals surface area contributed by atoms with Crippen LogP contribution in [0.1, 0.15) is 18.4 Å². The molecule has 0 N–H and O–H groups in total. The van der Waals surface area contributed by atoms with Crippen molar-refractivity contribution < 1.29 is 0 Å². The fourth-order valence-electron chi connectivity index (χ4n) is 7.89. The highest BCUT2D eigenvalue weighted by Crippen LogP contribution is 2.37. The fraction of sp³-hybridized carbons (Fsp3) is 0.0408. The van der Waals surface area contributed by atoms with Gasteiger partial charge >= 0.3 is 0 Å². The van der Waals surface area contributed by atoms with E-state index in [1.54, 1.807) is 0 Å². The summed E-state index contributed by atoms with van der Waals surface area (Å²) in [6.07, 6.45) is 6.65. The molecule has 3 nitrogen and oxygen atoms in total. The first-order chi connectivity index (χ1) is 25.8. The Hall–Kier alpha value is -6.71. The van der Waals surface area contributed by atoms with Crippen molar-refractivity contribution in [3.8, 4) is 39.3 Å². The molecule has 0 atom stereocenters. The molecule has 0 unspecified atom stereocenters. The van der Waals surface area contributed by atoms with Crippen molar-refractivity contribution in [2.24, 2.45) is 0 Å². The maximum absolute atomic E-state index is 5.03. The maximum Gasteiger partial charge on any atom is 0.145 e. The van der Waals surface area contributed by atoms with E-state index in [4.69, 9.17) is 4.98 Å². The van der Waals surface area contributed by atoms with Crippen LogP contribution in [0.2, 0.25) is 0 Å². The van der Waals surface area contributed by atoms with Crippen molar-refractivity contribution in [3.05, 3.63) is 194 Å². The number of imidazole rings is 1. The number of fused-ring (bicyclic) bond motifs is 4. The second-order valence-corrected chi connectivity index (χ2v) is 13.5. The lowest BCUT2D eigenvalue weighted by atomic mass is 9.93. The summed E-state index contributed by atoms with van der Waals surface area (Å²) in [5, 5.41) is 2.62. The molecule has 0 fully saturated rings. The number of benzene rings is 7. The fourth-order valence-corrected chi connectivity index (χ4v) is 7.89. The highest BCUT2D eigenvalue weighted by atomic mass is 15.1. The Balaban J connectivity index is 0.881. The lowest BCUT2D eigenvalue weighted by Crippen LogP contribution is -2.01. The summed E-state index contributed by atoms with van der Waals surface area (Å²) >= 11 is 0. The van der Waals surface area contributed by atoms with Crippen LogP contribution in [0.25, 0.3) is 83.4 Å². The Morgan fingerprint density at radius 3 is 1.40 bits per heavy atom. The number of nitrogens with zero attached hydrogens (tertiary/aromatic N) is 3. The minimum Gasteiger partial charge on any atom is -0.313 e. The van der Waals surface area contributed by atoms with Crippen molar-refractivity contribution >= 4 is 44.1 Å². The number of hydrogen-bond acceptors (Lipinski definition) is 1. The van der Waals surface area contributed by atoms with E-state index in [1.165, 1.54) is 60.9 Å². The lowest BCUT2D eigenvalue weighted by Gasteiger charge is -2.18. The van der Waals surface area contributed by atoms with E-state index in [0.717, 1.165) is 41.0 Å². The minimum absolute atomic E-state index is 0.946. The number of hydrogen-bond donors (Lipinski definition) is 0. The zero-order chi connectivity index (χ0) is 34.4.